The van der Waals surface area contributed by atoms with Crippen molar-refractivity contribution >= 4 is 17.7 Å². The van der Waals surface area contributed by atoms with Crippen LogP contribution < -0.4 is 0 Å². The van der Waals surface area contributed by atoms with Crippen molar-refractivity contribution in [1.29, 1.82) is 0 Å². The summed E-state index contributed by atoms with van der Waals surface area (Å²) in [4.78, 5) is 33.4. The molecule has 0 radical (unpaired) electrons. The summed E-state index contributed by atoms with van der Waals surface area (Å²) in [6.07, 6.45) is 2.06. The van der Waals surface area contributed by atoms with Crippen LogP contribution in [-0.2, 0) is 28.6 Å². The van der Waals surface area contributed by atoms with Gasteiger partial charge in [0, 0.05) is 12.2 Å². The lowest BCUT2D eigenvalue weighted by molar-refractivity contribution is -0.146. The Labute approximate surface area is 97.8 Å². The minimum absolute atomic E-state index is 0.00170. The van der Waals surface area contributed by atoms with Crippen molar-refractivity contribution < 1.29 is 28.6 Å². The quantitative estimate of drug-likeness (QED) is 0.490. The van der Waals surface area contributed by atoms with Crippen molar-refractivity contribution in [3.63, 3.8) is 0 Å². The van der Waals surface area contributed by atoms with Crippen LogP contribution >= 0.6 is 0 Å². The van der Waals surface area contributed by atoms with Gasteiger partial charge in [-0.3, -0.25) is 4.79 Å². The first-order valence-electron chi connectivity index (χ1n) is 4.93. The van der Waals surface area contributed by atoms with Crippen molar-refractivity contribution in [2.45, 2.75) is 6.10 Å². The van der Waals surface area contributed by atoms with Crippen LogP contribution in [0.1, 0.15) is 0 Å². The van der Waals surface area contributed by atoms with Gasteiger partial charge in [0.2, 0.25) is 0 Å². The van der Waals surface area contributed by atoms with Gasteiger partial charge in [-0.05, 0) is 6.08 Å². The van der Waals surface area contributed by atoms with Crippen molar-refractivity contribution in [3.05, 3.63) is 24.8 Å². The van der Waals surface area contributed by atoms with E-state index in [0.717, 1.165) is 18.2 Å². The highest BCUT2D eigenvalue weighted by Gasteiger charge is 2.19. The van der Waals surface area contributed by atoms with Gasteiger partial charge in [-0.1, -0.05) is 6.58 Å². The summed E-state index contributed by atoms with van der Waals surface area (Å²) in [5.41, 5.74) is 0. The topological polar surface area (TPSA) is 78.9 Å². The first kappa shape index (κ1) is 13.1. The Bertz CT molecular complexity index is 357. The molecule has 1 aliphatic rings. The monoisotopic (exact) mass is 240 g/mol. The minimum Gasteiger partial charge on any atom is -0.460 e. The number of carbonyl (C=O) groups excluding carboxylic acids is 3. The number of hydrogen-bond acceptors (Lipinski definition) is 6. The summed E-state index contributed by atoms with van der Waals surface area (Å²) in [5, 5.41) is 0. The molecule has 1 rings (SSSR count). The van der Waals surface area contributed by atoms with Crippen LogP contribution in [0.2, 0.25) is 0 Å². The van der Waals surface area contributed by atoms with Gasteiger partial charge in [-0.15, -0.1) is 0 Å². The van der Waals surface area contributed by atoms with Crippen molar-refractivity contribution in [1.82, 2.24) is 0 Å². The zero-order valence-corrected chi connectivity index (χ0v) is 9.09. The largest absolute Gasteiger partial charge is 0.460 e. The number of carbonyl (C=O) groups is 3. The van der Waals surface area contributed by atoms with E-state index in [0.29, 0.717) is 0 Å². The van der Waals surface area contributed by atoms with Gasteiger partial charge in [0.05, 0.1) is 6.61 Å². The van der Waals surface area contributed by atoms with E-state index in [9.17, 15) is 14.4 Å². The van der Waals surface area contributed by atoms with Crippen LogP contribution in [0.5, 0.6) is 0 Å². The maximum absolute atomic E-state index is 11.3. The van der Waals surface area contributed by atoms with Crippen LogP contribution in [0.15, 0.2) is 24.8 Å². The van der Waals surface area contributed by atoms with Gasteiger partial charge in [0.15, 0.2) is 11.9 Å². The number of ketones is 1. The van der Waals surface area contributed by atoms with Crippen LogP contribution in [0.25, 0.3) is 0 Å². The summed E-state index contributed by atoms with van der Waals surface area (Å²) in [6, 6.07) is 0. The Balaban J connectivity index is 2.66. The fraction of sp³-hybridized carbons (Fsp3) is 0.364. The van der Waals surface area contributed by atoms with Gasteiger partial charge in [0.25, 0.3) is 0 Å². The Hall–Kier alpha value is -1.95. The third-order valence-corrected chi connectivity index (χ3v) is 1.90. The molecule has 0 aromatic heterocycles. The maximum Gasteiger partial charge on any atom is 0.331 e. The van der Waals surface area contributed by atoms with Gasteiger partial charge < -0.3 is 14.2 Å². The molecule has 0 amide bonds. The molecule has 0 fully saturated rings. The van der Waals surface area contributed by atoms with E-state index in [1.165, 1.54) is 0 Å². The van der Waals surface area contributed by atoms with Crippen molar-refractivity contribution in [2.75, 3.05) is 19.8 Å². The fourth-order valence-corrected chi connectivity index (χ4v) is 1.07. The molecular formula is C11H12O6. The zero-order chi connectivity index (χ0) is 12.7. The molecule has 1 atom stereocenters. The minimum atomic E-state index is -0.915. The molecule has 1 aliphatic heterocycles. The van der Waals surface area contributed by atoms with Gasteiger partial charge in [0.1, 0.15) is 13.2 Å². The summed E-state index contributed by atoms with van der Waals surface area (Å²) in [6.45, 7) is 3.13. The highest BCUT2D eigenvalue weighted by molar-refractivity contribution is 5.94. The molecule has 0 aliphatic carbocycles. The van der Waals surface area contributed by atoms with Crippen molar-refractivity contribution in [3.8, 4) is 0 Å². The van der Waals surface area contributed by atoms with Gasteiger partial charge in [-0.25, -0.2) is 9.59 Å². The lowest BCUT2D eigenvalue weighted by Crippen LogP contribution is -2.30. The first-order chi connectivity index (χ1) is 8.13. The smallest absolute Gasteiger partial charge is 0.331 e. The van der Waals surface area contributed by atoms with E-state index >= 15 is 0 Å². The second-order valence-electron chi connectivity index (χ2n) is 3.10. The summed E-state index contributed by atoms with van der Waals surface area (Å²) in [7, 11) is 0. The molecule has 92 valence electrons. The molecule has 6 heteroatoms. The molecule has 6 nitrogen and oxygen atoms in total. The van der Waals surface area contributed by atoms with Crippen LogP contribution in [-0.4, -0.2) is 43.6 Å². The Morgan fingerprint density at radius 2 is 1.88 bits per heavy atom. The van der Waals surface area contributed by atoms with E-state index in [-0.39, 0.29) is 19.8 Å². The zero-order valence-electron chi connectivity index (χ0n) is 9.09. The molecule has 1 heterocycles. The third-order valence-electron chi connectivity index (χ3n) is 1.90. The third kappa shape index (κ3) is 4.60. The Morgan fingerprint density at radius 3 is 2.53 bits per heavy atom. The average molecular weight is 240 g/mol. The molecular weight excluding hydrogens is 228 g/mol. The number of ether oxygens (including phenoxy) is 3. The summed E-state index contributed by atoms with van der Waals surface area (Å²) >= 11 is 0. The lowest BCUT2D eigenvalue weighted by Gasteiger charge is -2.14. The van der Waals surface area contributed by atoms with E-state index in [1.807, 2.05) is 0 Å². The van der Waals surface area contributed by atoms with Crippen LogP contribution in [0.4, 0.5) is 0 Å². The summed E-state index contributed by atoms with van der Waals surface area (Å²) in [5.74, 6) is -1.80. The van der Waals surface area contributed by atoms with Crippen LogP contribution in [0, 0.1) is 0 Å². The molecule has 0 spiro atoms. The van der Waals surface area contributed by atoms with Crippen molar-refractivity contribution in [2.24, 2.45) is 0 Å². The standard InChI is InChI=1S/C11H12O6/c1-2-8(12)9-7-17-11(14)4-3-10(13)16-6-5-15-9/h2-4,9H,1,5-7H2/b4-3-. The number of hydrogen-bond donors (Lipinski definition) is 0. The molecule has 17 heavy (non-hydrogen) atoms. The molecule has 0 aromatic carbocycles. The molecule has 1 unspecified atom stereocenters. The van der Waals surface area contributed by atoms with E-state index in [2.05, 4.69) is 11.3 Å². The normalized spacial score (nSPS) is 23.9. The predicted octanol–water partition coefficient (Wildman–Crippen LogP) is -0.217. The van der Waals surface area contributed by atoms with E-state index in [1.54, 1.807) is 0 Å². The number of esters is 2. The SMILES string of the molecule is C=CC(=O)C1COC(=O)/C=C\C(=O)OCCO1. The van der Waals surface area contributed by atoms with Gasteiger partial charge in [-0.2, -0.15) is 0 Å². The fourth-order valence-electron chi connectivity index (χ4n) is 1.07. The second kappa shape index (κ2) is 6.59. The van der Waals surface area contributed by atoms with Crippen LogP contribution in [0.3, 0.4) is 0 Å². The summed E-state index contributed by atoms with van der Waals surface area (Å²) < 4.78 is 14.5. The maximum atomic E-state index is 11.3. The Kier molecular flexibility index (Phi) is 5.09. The lowest BCUT2D eigenvalue weighted by atomic mass is 10.2. The highest BCUT2D eigenvalue weighted by Crippen LogP contribution is 2.00. The average Bonchev–Trinajstić information content (AvgIpc) is 2.36. The molecule has 0 bridgehead atoms. The number of cyclic esters (lactones) is 2. The molecule has 0 N–H and O–H groups in total. The second-order valence-corrected chi connectivity index (χ2v) is 3.10. The molecule has 0 saturated carbocycles. The Morgan fingerprint density at radius 1 is 1.24 bits per heavy atom. The highest BCUT2D eigenvalue weighted by atomic mass is 16.6. The van der Waals surface area contributed by atoms with E-state index in [4.69, 9.17) is 9.47 Å². The number of rotatable bonds is 2. The predicted molar refractivity (Wildman–Crippen MR) is 56.0 cm³/mol. The molecule has 0 saturated heterocycles. The van der Waals surface area contributed by atoms with Gasteiger partial charge >= 0.3 is 11.9 Å². The first-order valence-corrected chi connectivity index (χ1v) is 4.93. The molecule has 0 aromatic rings. The van der Waals surface area contributed by atoms with E-state index < -0.39 is 23.8 Å².